The first kappa shape index (κ1) is 20.7. The first-order valence-electron chi connectivity index (χ1n) is 11.1. The van der Waals surface area contributed by atoms with Crippen LogP contribution in [0.2, 0.25) is 0 Å². The zero-order valence-electron chi connectivity index (χ0n) is 18.5. The number of fused-ring (bicyclic) bond motifs is 3. The molecule has 0 amide bonds. The van der Waals surface area contributed by atoms with Crippen LogP contribution in [0.15, 0.2) is 47.1 Å². The van der Waals surface area contributed by atoms with Gasteiger partial charge in [-0.1, -0.05) is 19.0 Å². The fourth-order valence-corrected chi connectivity index (χ4v) is 3.98. The third-order valence-electron chi connectivity index (χ3n) is 5.76. The van der Waals surface area contributed by atoms with Gasteiger partial charge in [0.25, 0.3) is 0 Å². The normalized spacial score (nSPS) is 15.0. The number of benzene rings is 2. The summed E-state index contributed by atoms with van der Waals surface area (Å²) in [6.07, 6.45) is 1.84. The first-order chi connectivity index (χ1) is 15.7. The number of hydrogen-bond acceptors (Lipinski definition) is 8. The van der Waals surface area contributed by atoms with Crippen LogP contribution in [0.5, 0.6) is 0 Å². The monoisotopic (exact) mass is 432 g/mol. The van der Waals surface area contributed by atoms with Gasteiger partial charge in [0, 0.05) is 49.1 Å². The fraction of sp³-hybridized carbons (Fsp3) is 0.375. The van der Waals surface area contributed by atoms with E-state index in [9.17, 15) is 0 Å². The Morgan fingerprint density at radius 1 is 1.03 bits per heavy atom. The van der Waals surface area contributed by atoms with Crippen molar-refractivity contribution in [3.63, 3.8) is 0 Å². The Balaban J connectivity index is 1.28. The molecule has 0 spiro atoms. The molecule has 0 aliphatic carbocycles. The van der Waals surface area contributed by atoms with Gasteiger partial charge in [0.05, 0.1) is 29.8 Å². The number of aromatic nitrogens is 3. The van der Waals surface area contributed by atoms with Gasteiger partial charge in [0.15, 0.2) is 5.58 Å². The van der Waals surface area contributed by atoms with Gasteiger partial charge in [-0.25, -0.2) is 9.97 Å². The highest BCUT2D eigenvalue weighted by atomic mass is 16.5. The van der Waals surface area contributed by atoms with E-state index < -0.39 is 0 Å². The van der Waals surface area contributed by atoms with Crippen LogP contribution >= 0.6 is 0 Å². The second-order valence-corrected chi connectivity index (χ2v) is 8.38. The van der Waals surface area contributed by atoms with Gasteiger partial charge in [0.1, 0.15) is 0 Å². The molecule has 2 aromatic heterocycles. The summed E-state index contributed by atoms with van der Waals surface area (Å²) in [5, 5.41) is 13.0. The predicted molar refractivity (Wildman–Crippen MR) is 127 cm³/mol. The molecule has 1 aliphatic rings. The van der Waals surface area contributed by atoms with Gasteiger partial charge in [-0.05, 0) is 42.3 Å². The lowest BCUT2D eigenvalue weighted by Crippen LogP contribution is -2.38. The molecule has 8 heteroatoms. The van der Waals surface area contributed by atoms with Gasteiger partial charge < -0.3 is 19.9 Å². The Hall–Kier alpha value is -3.23. The Labute approximate surface area is 187 Å². The molecule has 2 N–H and O–H groups in total. The highest BCUT2D eigenvalue weighted by Crippen LogP contribution is 2.31. The molecule has 5 rings (SSSR count). The molecule has 2 aromatic carbocycles. The molecule has 0 unspecified atom stereocenters. The Bertz CT molecular complexity index is 1200. The van der Waals surface area contributed by atoms with Crippen molar-refractivity contribution in [1.82, 2.24) is 20.0 Å². The van der Waals surface area contributed by atoms with Crippen LogP contribution in [-0.2, 0) is 4.74 Å². The molecule has 4 aromatic rings. The van der Waals surface area contributed by atoms with E-state index in [-0.39, 0.29) is 5.92 Å². The SMILES string of the molecule is CC(C)c1noc2ccc3cnc(Nc4ccc(NCCN5CCOCC5)cc4)nc3c12. The number of morpholine rings is 1. The lowest BCUT2D eigenvalue weighted by molar-refractivity contribution is 0.0398. The second-order valence-electron chi connectivity index (χ2n) is 8.38. The zero-order valence-corrected chi connectivity index (χ0v) is 18.5. The highest BCUT2D eigenvalue weighted by molar-refractivity contribution is 6.04. The molecule has 166 valence electrons. The van der Waals surface area contributed by atoms with E-state index >= 15 is 0 Å². The second kappa shape index (κ2) is 9.10. The Morgan fingerprint density at radius 3 is 2.59 bits per heavy atom. The third-order valence-corrected chi connectivity index (χ3v) is 5.76. The summed E-state index contributed by atoms with van der Waals surface area (Å²) in [7, 11) is 0. The van der Waals surface area contributed by atoms with E-state index in [1.165, 1.54) is 0 Å². The molecule has 8 nitrogen and oxygen atoms in total. The summed E-state index contributed by atoms with van der Waals surface area (Å²) in [5.74, 6) is 0.797. The van der Waals surface area contributed by atoms with Crippen molar-refractivity contribution in [2.75, 3.05) is 50.0 Å². The summed E-state index contributed by atoms with van der Waals surface area (Å²) < 4.78 is 10.9. The van der Waals surface area contributed by atoms with Crippen LogP contribution in [0, 0.1) is 0 Å². The summed E-state index contributed by atoms with van der Waals surface area (Å²) >= 11 is 0. The average molecular weight is 433 g/mol. The minimum Gasteiger partial charge on any atom is -0.384 e. The molecule has 32 heavy (non-hydrogen) atoms. The van der Waals surface area contributed by atoms with Gasteiger partial charge in [0.2, 0.25) is 5.95 Å². The van der Waals surface area contributed by atoms with Gasteiger partial charge in [-0.3, -0.25) is 4.90 Å². The zero-order chi connectivity index (χ0) is 21.9. The average Bonchev–Trinajstić information content (AvgIpc) is 3.26. The predicted octanol–water partition coefficient (Wildman–Crippen LogP) is 4.38. The number of ether oxygens (including phenoxy) is 1. The molecule has 0 saturated carbocycles. The number of hydrogen-bond donors (Lipinski definition) is 2. The number of nitrogens with one attached hydrogen (secondary N) is 2. The molecule has 0 atom stereocenters. The molecule has 0 bridgehead atoms. The summed E-state index contributed by atoms with van der Waals surface area (Å²) in [5.41, 5.74) is 4.55. The van der Waals surface area contributed by atoms with E-state index in [1.807, 2.05) is 30.5 Å². The van der Waals surface area contributed by atoms with E-state index in [1.54, 1.807) is 0 Å². The van der Waals surface area contributed by atoms with E-state index in [0.717, 1.165) is 78.3 Å². The summed E-state index contributed by atoms with van der Waals surface area (Å²) in [6, 6.07) is 12.1. The molecule has 1 fully saturated rings. The molecule has 0 radical (unpaired) electrons. The van der Waals surface area contributed by atoms with Gasteiger partial charge >= 0.3 is 0 Å². The lowest BCUT2D eigenvalue weighted by Gasteiger charge is -2.26. The van der Waals surface area contributed by atoms with Crippen molar-refractivity contribution in [1.29, 1.82) is 0 Å². The van der Waals surface area contributed by atoms with E-state index in [4.69, 9.17) is 14.2 Å². The number of anilines is 3. The van der Waals surface area contributed by atoms with Crippen LogP contribution in [0.1, 0.15) is 25.5 Å². The van der Waals surface area contributed by atoms with Crippen LogP contribution < -0.4 is 10.6 Å². The van der Waals surface area contributed by atoms with E-state index in [0.29, 0.717) is 5.95 Å². The van der Waals surface area contributed by atoms with Crippen LogP contribution in [0.3, 0.4) is 0 Å². The number of nitrogens with zero attached hydrogens (tertiary/aromatic N) is 4. The van der Waals surface area contributed by atoms with Crippen molar-refractivity contribution in [3.05, 3.63) is 48.3 Å². The first-order valence-corrected chi connectivity index (χ1v) is 11.1. The highest BCUT2D eigenvalue weighted by Gasteiger charge is 2.16. The largest absolute Gasteiger partial charge is 0.384 e. The Morgan fingerprint density at radius 2 is 1.81 bits per heavy atom. The summed E-state index contributed by atoms with van der Waals surface area (Å²) in [6.45, 7) is 9.82. The van der Waals surface area contributed by atoms with Crippen LogP contribution in [-0.4, -0.2) is 59.4 Å². The molecular weight excluding hydrogens is 404 g/mol. The minimum absolute atomic E-state index is 0.247. The topological polar surface area (TPSA) is 88.3 Å². The lowest BCUT2D eigenvalue weighted by atomic mass is 10.0. The molecular formula is C24H28N6O2. The summed E-state index contributed by atoms with van der Waals surface area (Å²) in [4.78, 5) is 11.7. The molecule has 1 aliphatic heterocycles. The quantitative estimate of drug-likeness (QED) is 0.445. The van der Waals surface area contributed by atoms with Gasteiger partial charge in [-0.2, -0.15) is 0 Å². The Kier molecular flexibility index (Phi) is 5.87. The fourth-order valence-electron chi connectivity index (χ4n) is 3.98. The van der Waals surface area contributed by atoms with Crippen molar-refractivity contribution < 1.29 is 9.26 Å². The van der Waals surface area contributed by atoms with Crippen LogP contribution in [0.4, 0.5) is 17.3 Å². The van der Waals surface area contributed by atoms with E-state index in [2.05, 4.69) is 51.7 Å². The molecule has 1 saturated heterocycles. The van der Waals surface area contributed by atoms with Crippen LogP contribution in [0.25, 0.3) is 21.9 Å². The van der Waals surface area contributed by atoms with Crippen molar-refractivity contribution >= 4 is 39.2 Å². The molecule has 3 heterocycles. The number of rotatable bonds is 7. The maximum atomic E-state index is 5.51. The van der Waals surface area contributed by atoms with Gasteiger partial charge in [-0.15, -0.1) is 0 Å². The standard InChI is InChI=1S/C24H28N6O2/c1-16(2)22-21-20(32-29-22)8-3-17-15-26-24(28-23(17)21)27-19-6-4-18(5-7-19)25-9-10-30-11-13-31-14-12-30/h3-8,15-16,25H,9-14H2,1-2H3,(H,26,27,28). The van der Waals surface area contributed by atoms with Crippen molar-refractivity contribution in [2.24, 2.45) is 0 Å². The maximum Gasteiger partial charge on any atom is 0.227 e. The maximum absolute atomic E-state index is 5.51. The van der Waals surface area contributed by atoms with Crippen molar-refractivity contribution in [3.8, 4) is 0 Å². The van der Waals surface area contributed by atoms with Crippen molar-refractivity contribution in [2.45, 2.75) is 19.8 Å². The minimum atomic E-state index is 0.247. The third kappa shape index (κ3) is 4.37. The smallest absolute Gasteiger partial charge is 0.227 e.